The fourth-order valence-electron chi connectivity index (χ4n) is 8.48. The Kier molecular flexibility index (Phi) is 6.13. The van der Waals surface area contributed by atoms with Gasteiger partial charge in [-0.2, -0.15) is 0 Å². The van der Waals surface area contributed by atoms with Crippen LogP contribution in [0.2, 0.25) is 0 Å². The largest absolute Gasteiger partial charge is 0.508 e. The van der Waals surface area contributed by atoms with Crippen molar-refractivity contribution in [3.05, 3.63) is 22.8 Å². The third-order valence-electron chi connectivity index (χ3n) is 10.7. The van der Waals surface area contributed by atoms with Gasteiger partial charge in [-0.3, -0.25) is 4.79 Å². The summed E-state index contributed by atoms with van der Waals surface area (Å²) in [4.78, 5) is 27.8. The van der Waals surface area contributed by atoms with E-state index in [1.807, 2.05) is 13.8 Å². The van der Waals surface area contributed by atoms with Gasteiger partial charge >= 0.3 is 5.97 Å². The van der Waals surface area contributed by atoms with Crippen molar-refractivity contribution in [2.45, 2.75) is 104 Å². The van der Waals surface area contributed by atoms with Gasteiger partial charge in [0.1, 0.15) is 23.1 Å². The molecule has 4 aliphatic rings. The number of benzene rings is 1. The van der Waals surface area contributed by atoms with Gasteiger partial charge in [0.15, 0.2) is 0 Å². The molecule has 2 aliphatic heterocycles. The third kappa shape index (κ3) is 3.55. The number of fused-ring (bicyclic) bond motifs is 5. The number of aliphatic hydroxyl groups is 1. The summed E-state index contributed by atoms with van der Waals surface area (Å²) in [5.41, 5.74) is 0.985. The second kappa shape index (κ2) is 8.62. The van der Waals surface area contributed by atoms with Crippen LogP contribution in [0.4, 0.5) is 0 Å². The third-order valence-corrected chi connectivity index (χ3v) is 10.7. The maximum absolute atomic E-state index is 13.6. The van der Waals surface area contributed by atoms with Crippen molar-refractivity contribution in [3.8, 4) is 11.5 Å². The molecule has 37 heavy (non-hydrogen) atoms. The highest BCUT2D eigenvalue weighted by Gasteiger charge is 2.67. The lowest BCUT2D eigenvalue weighted by molar-refractivity contribution is -0.210. The minimum absolute atomic E-state index is 0.0901. The Hall–Kier alpha value is -2.28. The van der Waals surface area contributed by atoms with Gasteiger partial charge in [-0.25, -0.2) is 4.79 Å². The fraction of sp³-hybridized carbons (Fsp3) is 0.733. The zero-order valence-corrected chi connectivity index (χ0v) is 23.4. The van der Waals surface area contributed by atoms with Crippen LogP contribution < -0.4 is 4.74 Å². The number of ether oxygens (including phenoxy) is 2. The molecule has 1 spiro atoms. The molecule has 0 saturated heterocycles. The zero-order valence-electron chi connectivity index (χ0n) is 23.4. The number of aromatic hydroxyl groups is 1. The lowest BCUT2D eigenvalue weighted by Gasteiger charge is -2.64. The van der Waals surface area contributed by atoms with Gasteiger partial charge in [0.05, 0.1) is 25.3 Å². The summed E-state index contributed by atoms with van der Waals surface area (Å²) in [6, 6.07) is 0.888. The van der Waals surface area contributed by atoms with E-state index in [2.05, 4.69) is 27.7 Å². The van der Waals surface area contributed by atoms with Crippen LogP contribution in [0.25, 0.3) is 0 Å². The van der Waals surface area contributed by atoms with Gasteiger partial charge in [0.25, 0.3) is 5.91 Å². The van der Waals surface area contributed by atoms with Crippen LogP contribution in [0, 0.1) is 28.6 Å². The van der Waals surface area contributed by atoms with E-state index in [-0.39, 0.29) is 52.9 Å². The van der Waals surface area contributed by atoms with Crippen molar-refractivity contribution >= 4 is 11.9 Å². The van der Waals surface area contributed by atoms with Crippen molar-refractivity contribution in [1.29, 1.82) is 0 Å². The normalized spacial score (nSPS) is 34.7. The molecule has 0 aromatic heterocycles. The Labute approximate surface area is 220 Å². The quantitative estimate of drug-likeness (QED) is 0.559. The number of hydrogen-bond donors (Lipinski definition) is 2. The number of phenolic OH excluding ortho intramolecular Hbond substituents is 1. The number of nitrogens with zero attached hydrogens (tertiary/aromatic N) is 1. The van der Waals surface area contributed by atoms with Crippen LogP contribution in [-0.2, 0) is 22.5 Å². The van der Waals surface area contributed by atoms with E-state index in [0.29, 0.717) is 24.2 Å². The number of phenols is 1. The van der Waals surface area contributed by atoms with Crippen molar-refractivity contribution < 1.29 is 29.3 Å². The SMILES string of the molecule is COC(=O)[C@H](CC(C)C)N1Cc2c(cc(O)c3c2O[C@]2(C3)[C@H](C)CC[C@H]3C(C)(C)[C@H](O)CC[C@@]32C)C1=O. The Morgan fingerprint density at radius 2 is 1.92 bits per heavy atom. The molecule has 2 aliphatic carbocycles. The molecule has 0 bridgehead atoms. The summed E-state index contributed by atoms with van der Waals surface area (Å²) in [7, 11) is 1.35. The molecule has 5 rings (SSSR count). The average molecular weight is 514 g/mol. The summed E-state index contributed by atoms with van der Waals surface area (Å²) in [5, 5.41) is 22.1. The molecule has 6 atom stereocenters. The van der Waals surface area contributed by atoms with E-state index >= 15 is 0 Å². The number of methoxy groups -OCH3 is 1. The van der Waals surface area contributed by atoms with E-state index in [4.69, 9.17) is 9.47 Å². The summed E-state index contributed by atoms with van der Waals surface area (Å²) < 4.78 is 12.1. The Morgan fingerprint density at radius 1 is 1.22 bits per heavy atom. The number of carbonyl (C=O) groups excluding carboxylic acids is 2. The van der Waals surface area contributed by atoms with E-state index in [0.717, 1.165) is 36.8 Å². The highest BCUT2D eigenvalue weighted by Crippen LogP contribution is 2.67. The average Bonchev–Trinajstić information content (AvgIpc) is 3.39. The summed E-state index contributed by atoms with van der Waals surface area (Å²) >= 11 is 0. The summed E-state index contributed by atoms with van der Waals surface area (Å²) in [6.07, 6.45) is 4.34. The lowest BCUT2D eigenvalue weighted by Crippen LogP contribution is -2.66. The second-order valence-corrected chi connectivity index (χ2v) is 13.3. The molecule has 0 unspecified atom stereocenters. The zero-order chi connectivity index (χ0) is 27.1. The molecule has 204 valence electrons. The van der Waals surface area contributed by atoms with Crippen LogP contribution in [-0.4, -0.2) is 51.8 Å². The predicted molar refractivity (Wildman–Crippen MR) is 139 cm³/mol. The number of aliphatic hydroxyl groups excluding tert-OH is 1. The molecule has 2 heterocycles. The molecule has 2 fully saturated rings. The van der Waals surface area contributed by atoms with Gasteiger partial charge in [0, 0.05) is 23.0 Å². The standard InChI is InChI=1S/C30H43NO6/c1-16(2)12-21(27(35)36-7)31-15-20-18(26(31)34)13-22(32)19-14-30(37-25(19)20)17(3)8-9-23-28(4,5)24(33)10-11-29(23,30)6/h13,16-17,21,23-24,32-33H,8-12,14-15H2,1-7H3/t17-,21+,23+,24-,29+,30-/m1/s1. The number of amides is 1. The van der Waals surface area contributed by atoms with Crippen molar-refractivity contribution in [2.75, 3.05) is 7.11 Å². The minimum Gasteiger partial charge on any atom is -0.508 e. The monoisotopic (exact) mass is 513 g/mol. The molecule has 1 amide bonds. The highest BCUT2D eigenvalue weighted by atomic mass is 16.5. The molecule has 0 radical (unpaired) electrons. The fourth-order valence-corrected chi connectivity index (χ4v) is 8.48. The van der Waals surface area contributed by atoms with Gasteiger partial charge < -0.3 is 24.6 Å². The van der Waals surface area contributed by atoms with Crippen LogP contribution in [0.5, 0.6) is 11.5 Å². The van der Waals surface area contributed by atoms with Crippen LogP contribution in [0.15, 0.2) is 6.07 Å². The van der Waals surface area contributed by atoms with E-state index in [1.165, 1.54) is 7.11 Å². The van der Waals surface area contributed by atoms with Crippen LogP contribution >= 0.6 is 0 Å². The number of rotatable bonds is 4. The number of esters is 1. The topological polar surface area (TPSA) is 96.3 Å². The molecule has 7 heteroatoms. The van der Waals surface area contributed by atoms with Crippen molar-refractivity contribution in [1.82, 2.24) is 4.90 Å². The first kappa shape index (κ1) is 26.3. The number of carbonyl (C=O) groups is 2. The summed E-state index contributed by atoms with van der Waals surface area (Å²) in [6.45, 7) is 13.2. The second-order valence-electron chi connectivity index (χ2n) is 13.3. The van der Waals surface area contributed by atoms with Crippen LogP contribution in [0.1, 0.15) is 95.1 Å². The highest BCUT2D eigenvalue weighted by molar-refractivity contribution is 6.02. The molecule has 1 aromatic carbocycles. The Bertz CT molecular complexity index is 1130. The number of hydrogen-bond acceptors (Lipinski definition) is 6. The molecule has 2 N–H and O–H groups in total. The van der Waals surface area contributed by atoms with Crippen molar-refractivity contribution in [2.24, 2.45) is 28.6 Å². The molecule has 1 aromatic rings. The minimum atomic E-state index is -0.686. The molecular weight excluding hydrogens is 470 g/mol. The predicted octanol–water partition coefficient (Wildman–Crippen LogP) is 4.84. The van der Waals surface area contributed by atoms with Gasteiger partial charge in [-0.15, -0.1) is 0 Å². The van der Waals surface area contributed by atoms with E-state index < -0.39 is 17.6 Å². The Morgan fingerprint density at radius 3 is 2.57 bits per heavy atom. The lowest BCUT2D eigenvalue weighted by atomic mass is 9.43. The van der Waals surface area contributed by atoms with Gasteiger partial charge in [0.2, 0.25) is 0 Å². The molecule has 2 saturated carbocycles. The molecular formula is C30H43NO6. The first-order valence-electron chi connectivity index (χ1n) is 13.9. The van der Waals surface area contributed by atoms with Gasteiger partial charge in [-0.1, -0.05) is 41.5 Å². The van der Waals surface area contributed by atoms with E-state index in [9.17, 15) is 19.8 Å². The Balaban J connectivity index is 1.56. The molecule has 7 nitrogen and oxygen atoms in total. The maximum Gasteiger partial charge on any atom is 0.328 e. The van der Waals surface area contributed by atoms with Gasteiger partial charge in [-0.05, 0) is 61.3 Å². The smallest absolute Gasteiger partial charge is 0.328 e. The first-order valence-corrected chi connectivity index (χ1v) is 13.9. The summed E-state index contributed by atoms with van der Waals surface area (Å²) in [5.74, 6) is 0.744. The van der Waals surface area contributed by atoms with Crippen molar-refractivity contribution in [3.63, 3.8) is 0 Å². The first-order chi connectivity index (χ1) is 17.3. The van der Waals surface area contributed by atoms with E-state index in [1.54, 1.807) is 11.0 Å². The maximum atomic E-state index is 13.6. The van der Waals surface area contributed by atoms with Crippen LogP contribution in [0.3, 0.4) is 0 Å².